The van der Waals surface area contributed by atoms with Crippen LogP contribution in [0.4, 0.5) is 0 Å². The number of hydrogen-bond donors (Lipinski definition) is 4. The number of unbranched alkanes of at least 4 members (excludes halogenated alkanes) is 5. The van der Waals surface area contributed by atoms with Crippen molar-refractivity contribution in [1.82, 2.24) is 0 Å². The van der Waals surface area contributed by atoms with Crippen molar-refractivity contribution in [3.8, 4) is 0 Å². The van der Waals surface area contributed by atoms with Crippen molar-refractivity contribution in [2.75, 3.05) is 0 Å². The van der Waals surface area contributed by atoms with E-state index >= 15 is 0 Å². The molecule has 0 aliphatic heterocycles. The van der Waals surface area contributed by atoms with Gasteiger partial charge in [0.1, 0.15) is 0 Å². The number of benzene rings is 2. The van der Waals surface area contributed by atoms with Crippen LogP contribution in [0.25, 0.3) is 0 Å². The van der Waals surface area contributed by atoms with Crippen molar-refractivity contribution < 1.29 is 39.6 Å². The van der Waals surface area contributed by atoms with E-state index in [9.17, 15) is 39.6 Å². The van der Waals surface area contributed by atoms with Gasteiger partial charge in [-0.25, -0.2) is 19.2 Å². The zero-order chi connectivity index (χ0) is 27.0. The summed E-state index contributed by atoms with van der Waals surface area (Å²) in [6, 6.07) is 8.53. The molecule has 1 unspecified atom stereocenters. The molecular weight excluding hydrogens is 464 g/mol. The first-order chi connectivity index (χ1) is 16.9. The third kappa shape index (κ3) is 6.71. The first-order valence-corrected chi connectivity index (χ1v) is 12.1. The lowest BCUT2D eigenvalue weighted by molar-refractivity contribution is 0.0651. The fourth-order valence-electron chi connectivity index (χ4n) is 4.72. The van der Waals surface area contributed by atoms with Gasteiger partial charge in [-0.15, -0.1) is 0 Å². The monoisotopic (exact) mass is 498 g/mol. The maximum atomic E-state index is 11.8. The molecule has 0 aliphatic rings. The maximum absolute atomic E-state index is 11.8. The predicted molar refractivity (Wildman–Crippen MR) is 134 cm³/mol. The Morgan fingerprint density at radius 1 is 0.667 bits per heavy atom. The summed E-state index contributed by atoms with van der Waals surface area (Å²) in [4.78, 5) is 46.7. The minimum atomic E-state index is -1.35. The number of carbonyl (C=O) groups is 4. The van der Waals surface area contributed by atoms with E-state index in [2.05, 4.69) is 6.92 Å². The number of rotatable bonds is 14. The largest absolute Gasteiger partial charge is 0.478 e. The predicted octanol–water partition coefficient (Wildman–Crippen LogP) is 6.29. The van der Waals surface area contributed by atoms with Crippen molar-refractivity contribution in [2.24, 2.45) is 0 Å². The lowest BCUT2D eigenvalue weighted by Crippen LogP contribution is -2.28. The lowest BCUT2D eigenvalue weighted by atomic mass is 9.67. The molecule has 0 spiro atoms. The van der Waals surface area contributed by atoms with E-state index in [4.69, 9.17) is 0 Å². The Morgan fingerprint density at radius 3 is 1.67 bits per heavy atom. The Hall–Kier alpha value is -3.68. The second kappa shape index (κ2) is 12.3. The minimum absolute atomic E-state index is 0.276. The van der Waals surface area contributed by atoms with Crippen molar-refractivity contribution >= 4 is 23.9 Å². The van der Waals surface area contributed by atoms with E-state index in [1.54, 1.807) is 12.1 Å². The summed E-state index contributed by atoms with van der Waals surface area (Å²) in [7, 11) is 0. The molecule has 4 N–H and O–H groups in total. The van der Waals surface area contributed by atoms with Crippen LogP contribution >= 0.6 is 0 Å². The molecule has 0 saturated carbocycles. The highest BCUT2D eigenvalue weighted by Crippen LogP contribution is 2.43. The summed E-state index contributed by atoms with van der Waals surface area (Å²) in [6.07, 6.45) is 6.95. The molecule has 0 aliphatic carbocycles. The van der Waals surface area contributed by atoms with Crippen LogP contribution in [0.15, 0.2) is 36.4 Å². The van der Waals surface area contributed by atoms with Crippen LogP contribution < -0.4 is 0 Å². The Morgan fingerprint density at radius 2 is 1.14 bits per heavy atom. The zero-order valence-electron chi connectivity index (χ0n) is 20.9. The molecule has 1 atom stereocenters. The van der Waals surface area contributed by atoms with Gasteiger partial charge in [0, 0.05) is 0 Å². The van der Waals surface area contributed by atoms with Crippen LogP contribution in [-0.2, 0) is 5.41 Å². The SMILES string of the molecule is CCCCCCCCC(c1ccc(C(=O)O)c(C(=O)O)c1)C(C)(C)c1ccc(C(=O)O)c(C(=O)O)c1. The van der Waals surface area contributed by atoms with Gasteiger partial charge in [0.05, 0.1) is 22.3 Å². The number of carboxylic acids is 4. The molecular formula is C28H34O8. The number of carboxylic acid groups (broad SMARTS) is 4. The highest BCUT2D eigenvalue weighted by atomic mass is 16.4. The molecule has 194 valence electrons. The third-order valence-corrected chi connectivity index (χ3v) is 6.85. The fourth-order valence-corrected chi connectivity index (χ4v) is 4.72. The van der Waals surface area contributed by atoms with Gasteiger partial charge in [-0.1, -0.05) is 71.4 Å². The maximum Gasteiger partial charge on any atom is 0.336 e. The lowest BCUT2D eigenvalue weighted by Gasteiger charge is -2.36. The highest BCUT2D eigenvalue weighted by Gasteiger charge is 2.34. The summed E-state index contributed by atoms with van der Waals surface area (Å²) in [5.74, 6) is -5.64. The van der Waals surface area contributed by atoms with Gasteiger partial charge in [-0.05, 0) is 53.1 Å². The van der Waals surface area contributed by atoms with Gasteiger partial charge < -0.3 is 20.4 Å². The van der Waals surface area contributed by atoms with E-state index in [-0.39, 0.29) is 28.2 Å². The molecule has 8 heteroatoms. The van der Waals surface area contributed by atoms with Gasteiger partial charge in [0.15, 0.2) is 0 Å². The second-order valence-electron chi connectivity index (χ2n) is 9.62. The molecule has 2 aromatic carbocycles. The van der Waals surface area contributed by atoms with Crippen molar-refractivity contribution in [1.29, 1.82) is 0 Å². The van der Waals surface area contributed by atoms with Gasteiger partial charge >= 0.3 is 23.9 Å². The summed E-state index contributed by atoms with van der Waals surface area (Å²) >= 11 is 0. The first kappa shape index (κ1) is 28.6. The van der Waals surface area contributed by atoms with Crippen LogP contribution in [0.2, 0.25) is 0 Å². The van der Waals surface area contributed by atoms with Crippen LogP contribution in [0, 0.1) is 0 Å². The summed E-state index contributed by atoms with van der Waals surface area (Å²) in [6.45, 7) is 5.95. The smallest absolute Gasteiger partial charge is 0.336 e. The van der Waals surface area contributed by atoms with Crippen molar-refractivity contribution in [3.05, 3.63) is 69.8 Å². The first-order valence-electron chi connectivity index (χ1n) is 12.1. The second-order valence-corrected chi connectivity index (χ2v) is 9.62. The summed E-state index contributed by atoms with van der Waals surface area (Å²) in [5.41, 5.74) is -0.731. The molecule has 0 radical (unpaired) electrons. The zero-order valence-corrected chi connectivity index (χ0v) is 20.9. The fraction of sp³-hybridized carbons (Fsp3) is 0.429. The molecule has 36 heavy (non-hydrogen) atoms. The van der Waals surface area contributed by atoms with E-state index in [0.29, 0.717) is 17.5 Å². The Bertz CT molecular complexity index is 1130. The summed E-state index contributed by atoms with van der Waals surface area (Å²) in [5, 5.41) is 38.0. The van der Waals surface area contributed by atoms with E-state index in [1.165, 1.54) is 24.3 Å². The average molecular weight is 499 g/mol. The Kier molecular flexibility index (Phi) is 9.78. The van der Waals surface area contributed by atoms with Gasteiger partial charge in [0.25, 0.3) is 0 Å². The topological polar surface area (TPSA) is 149 Å². The third-order valence-electron chi connectivity index (χ3n) is 6.85. The van der Waals surface area contributed by atoms with Crippen LogP contribution in [0.1, 0.15) is 124 Å². The average Bonchev–Trinajstić information content (AvgIpc) is 2.82. The molecule has 0 heterocycles. The molecule has 8 nitrogen and oxygen atoms in total. The van der Waals surface area contributed by atoms with Gasteiger partial charge in [-0.3, -0.25) is 0 Å². The quantitative estimate of drug-likeness (QED) is 0.222. The van der Waals surface area contributed by atoms with Gasteiger partial charge in [-0.2, -0.15) is 0 Å². The Labute approximate surface area is 210 Å². The molecule has 0 aromatic heterocycles. The van der Waals surface area contributed by atoms with E-state index < -0.39 is 29.3 Å². The van der Waals surface area contributed by atoms with Crippen LogP contribution in [0.5, 0.6) is 0 Å². The van der Waals surface area contributed by atoms with E-state index in [1.807, 2.05) is 13.8 Å². The van der Waals surface area contributed by atoms with Crippen molar-refractivity contribution in [3.63, 3.8) is 0 Å². The molecule has 0 bridgehead atoms. The minimum Gasteiger partial charge on any atom is -0.478 e. The highest BCUT2D eigenvalue weighted by molar-refractivity contribution is 6.02. The Balaban J connectivity index is 2.56. The molecule has 0 amide bonds. The normalized spacial score (nSPS) is 12.2. The molecule has 2 aromatic rings. The number of hydrogen-bond acceptors (Lipinski definition) is 4. The number of aromatic carboxylic acids is 4. The van der Waals surface area contributed by atoms with E-state index in [0.717, 1.165) is 38.5 Å². The standard InChI is InChI=1S/C28H34O8/c1-4-5-6-7-8-9-10-23(17-11-13-19(24(29)30)21(15-17)26(33)34)28(2,3)18-12-14-20(25(31)32)22(16-18)27(35)36/h11-16,23H,4-10H2,1-3H3,(H,29,30)(H,31,32)(H,33,34)(H,35,36). The van der Waals surface area contributed by atoms with Gasteiger partial charge in [0.2, 0.25) is 0 Å². The van der Waals surface area contributed by atoms with Crippen molar-refractivity contribution in [2.45, 2.75) is 77.0 Å². The molecule has 2 rings (SSSR count). The van der Waals surface area contributed by atoms with Crippen LogP contribution in [0.3, 0.4) is 0 Å². The molecule has 0 saturated heterocycles. The summed E-state index contributed by atoms with van der Waals surface area (Å²) < 4.78 is 0. The molecule has 0 fully saturated rings. The van der Waals surface area contributed by atoms with Crippen LogP contribution in [-0.4, -0.2) is 44.3 Å².